The van der Waals surface area contributed by atoms with E-state index in [1.54, 1.807) is 0 Å². The van der Waals surface area contributed by atoms with Crippen LogP contribution < -0.4 is 10.6 Å². The molecule has 0 aliphatic carbocycles. The highest BCUT2D eigenvalue weighted by molar-refractivity contribution is 5.81. The lowest BCUT2D eigenvalue weighted by Gasteiger charge is -2.26. The Morgan fingerprint density at radius 2 is 2.07 bits per heavy atom. The first kappa shape index (κ1) is 9.21. The number of hydrogen-bond acceptors (Lipinski definition) is 2. The number of carbonyl (C=O) groups is 1. The van der Waals surface area contributed by atoms with Gasteiger partial charge in [-0.3, -0.25) is 10.1 Å². The number of rotatable bonds is 1. The van der Waals surface area contributed by atoms with Crippen LogP contribution in [0.2, 0.25) is 0 Å². The lowest BCUT2D eigenvalue weighted by molar-refractivity contribution is -0.118. The number of amides is 1. The fourth-order valence-electron chi connectivity index (χ4n) is 1.92. The zero-order valence-corrected chi connectivity index (χ0v) is 8.42. The molecule has 1 aliphatic rings. The molecule has 0 aromatic heterocycles. The van der Waals surface area contributed by atoms with Gasteiger partial charge >= 0.3 is 0 Å². The van der Waals surface area contributed by atoms with E-state index in [1.165, 1.54) is 5.56 Å². The van der Waals surface area contributed by atoms with Crippen molar-refractivity contribution in [2.45, 2.75) is 19.5 Å². The van der Waals surface area contributed by atoms with Crippen molar-refractivity contribution in [3.8, 4) is 0 Å². The van der Waals surface area contributed by atoms with E-state index in [-0.39, 0.29) is 5.91 Å². The number of carbonyl (C=O) groups excluding carboxylic acids is 1. The van der Waals surface area contributed by atoms with E-state index in [2.05, 4.69) is 10.6 Å². The third-order valence-corrected chi connectivity index (χ3v) is 2.68. The summed E-state index contributed by atoms with van der Waals surface area (Å²) in [6.45, 7) is 4.43. The Labute approximate surface area is 83.5 Å². The Bertz CT molecular complexity index is 375. The van der Waals surface area contributed by atoms with Gasteiger partial charge < -0.3 is 5.32 Å². The Morgan fingerprint density at radius 3 is 2.64 bits per heavy atom. The fourth-order valence-corrected chi connectivity index (χ4v) is 1.92. The monoisotopic (exact) mass is 190 g/mol. The molecule has 3 heteroatoms. The second-order valence-electron chi connectivity index (χ2n) is 3.84. The van der Waals surface area contributed by atoms with Gasteiger partial charge in [-0.1, -0.05) is 24.3 Å². The van der Waals surface area contributed by atoms with Crippen LogP contribution in [0.15, 0.2) is 24.3 Å². The van der Waals surface area contributed by atoms with Gasteiger partial charge in [-0.05, 0) is 25.0 Å². The molecule has 74 valence electrons. The van der Waals surface area contributed by atoms with Gasteiger partial charge in [0.15, 0.2) is 0 Å². The summed E-state index contributed by atoms with van der Waals surface area (Å²) in [7, 11) is 0. The van der Waals surface area contributed by atoms with Crippen LogP contribution in [-0.4, -0.2) is 12.5 Å². The highest BCUT2D eigenvalue weighted by Crippen LogP contribution is 2.23. The topological polar surface area (TPSA) is 41.1 Å². The third kappa shape index (κ3) is 1.40. The van der Waals surface area contributed by atoms with Crippen molar-refractivity contribution in [3.63, 3.8) is 0 Å². The third-order valence-electron chi connectivity index (χ3n) is 2.68. The summed E-state index contributed by atoms with van der Waals surface area (Å²) in [5.41, 5.74) is 1.91. The minimum absolute atomic E-state index is 0.0516. The van der Waals surface area contributed by atoms with Crippen LogP contribution in [0.3, 0.4) is 0 Å². The molecule has 0 saturated carbocycles. The lowest BCUT2D eigenvalue weighted by atomic mass is 9.97. The summed E-state index contributed by atoms with van der Waals surface area (Å²) in [5, 5.41) is 6.12. The predicted octanol–water partition coefficient (Wildman–Crippen LogP) is 0.887. The number of hydrogen-bond donors (Lipinski definition) is 2. The highest BCUT2D eigenvalue weighted by atomic mass is 16.2. The van der Waals surface area contributed by atoms with Gasteiger partial charge in [0.05, 0.1) is 6.54 Å². The van der Waals surface area contributed by atoms with Crippen molar-refractivity contribution in [3.05, 3.63) is 35.4 Å². The molecule has 2 rings (SSSR count). The molecule has 0 radical (unpaired) electrons. The van der Waals surface area contributed by atoms with Gasteiger partial charge in [-0.15, -0.1) is 0 Å². The second-order valence-corrected chi connectivity index (χ2v) is 3.84. The molecular formula is C11H14N2O. The zero-order valence-electron chi connectivity index (χ0n) is 8.42. The van der Waals surface area contributed by atoms with Gasteiger partial charge in [0, 0.05) is 0 Å². The van der Waals surface area contributed by atoms with E-state index in [1.807, 2.05) is 38.1 Å². The summed E-state index contributed by atoms with van der Waals surface area (Å²) in [5.74, 6) is 0.0516. The van der Waals surface area contributed by atoms with Crippen LogP contribution in [0.25, 0.3) is 0 Å². The van der Waals surface area contributed by atoms with Crippen molar-refractivity contribution in [1.29, 1.82) is 0 Å². The van der Waals surface area contributed by atoms with Crippen molar-refractivity contribution in [2.75, 3.05) is 6.54 Å². The molecule has 3 nitrogen and oxygen atoms in total. The molecule has 0 spiro atoms. The molecular weight excluding hydrogens is 176 g/mol. The smallest absolute Gasteiger partial charge is 0.235 e. The maximum atomic E-state index is 11.2. The van der Waals surface area contributed by atoms with E-state index in [4.69, 9.17) is 0 Å². The summed E-state index contributed by atoms with van der Waals surface area (Å²) in [6.07, 6.45) is 0. The van der Waals surface area contributed by atoms with E-state index in [0.29, 0.717) is 6.54 Å². The normalized spacial score (nSPS) is 26.3. The molecule has 0 bridgehead atoms. The summed E-state index contributed by atoms with van der Waals surface area (Å²) in [4.78, 5) is 11.2. The molecule has 1 fully saturated rings. The fraction of sp³-hybridized carbons (Fsp3) is 0.364. The van der Waals surface area contributed by atoms with Gasteiger partial charge in [0.1, 0.15) is 5.66 Å². The van der Waals surface area contributed by atoms with Crippen molar-refractivity contribution < 1.29 is 4.79 Å². The average Bonchev–Trinajstić information content (AvgIpc) is 2.48. The quantitative estimate of drug-likeness (QED) is 0.690. The van der Waals surface area contributed by atoms with Crippen LogP contribution in [0.1, 0.15) is 18.1 Å². The maximum Gasteiger partial charge on any atom is 0.235 e. The Kier molecular flexibility index (Phi) is 2.04. The standard InChI is InChI=1S/C11H14N2O/c1-8-5-3-4-6-9(8)11(2)12-7-10(14)13-11/h3-6,12H,7H2,1-2H3,(H,13,14). The summed E-state index contributed by atoms with van der Waals surface area (Å²) < 4.78 is 0. The molecule has 1 saturated heterocycles. The van der Waals surface area contributed by atoms with E-state index in [9.17, 15) is 4.79 Å². The minimum Gasteiger partial charge on any atom is -0.333 e. The van der Waals surface area contributed by atoms with Crippen LogP contribution >= 0.6 is 0 Å². The van der Waals surface area contributed by atoms with Crippen molar-refractivity contribution in [1.82, 2.24) is 10.6 Å². The van der Waals surface area contributed by atoms with E-state index < -0.39 is 5.66 Å². The van der Waals surface area contributed by atoms with Crippen LogP contribution in [0, 0.1) is 6.92 Å². The first-order valence-electron chi connectivity index (χ1n) is 4.74. The Morgan fingerprint density at radius 1 is 1.36 bits per heavy atom. The molecule has 1 aliphatic heterocycles. The van der Waals surface area contributed by atoms with Gasteiger partial charge in [0.2, 0.25) is 5.91 Å². The SMILES string of the molecule is Cc1ccccc1C1(C)NCC(=O)N1. The number of nitrogens with one attached hydrogen (secondary N) is 2. The second kappa shape index (κ2) is 3.10. The highest BCUT2D eigenvalue weighted by Gasteiger charge is 2.34. The zero-order chi connectivity index (χ0) is 10.2. The summed E-state index contributed by atoms with van der Waals surface area (Å²) in [6, 6.07) is 8.07. The molecule has 1 heterocycles. The van der Waals surface area contributed by atoms with E-state index >= 15 is 0 Å². The predicted molar refractivity (Wildman–Crippen MR) is 54.7 cm³/mol. The minimum atomic E-state index is -0.400. The van der Waals surface area contributed by atoms with Crippen molar-refractivity contribution >= 4 is 5.91 Å². The summed E-state index contributed by atoms with van der Waals surface area (Å²) >= 11 is 0. The largest absolute Gasteiger partial charge is 0.333 e. The van der Waals surface area contributed by atoms with Gasteiger partial charge in [-0.25, -0.2) is 0 Å². The maximum absolute atomic E-state index is 11.2. The van der Waals surface area contributed by atoms with Gasteiger partial charge in [0.25, 0.3) is 0 Å². The molecule has 1 aromatic carbocycles. The first-order chi connectivity index (χ1) is 6.62. The van der Waals surface area contributed by atoms with Crippen LogP contribution in [-0.2, 0) is 10.5 Å². The molecule has 1 unspecified atom stereocenters. The molecule has 2 N–H and O–H groups in total. The Hall–Kier alpha value is -1.35. The first-order valence-corrected chi connectivity index (χ1v) is 4.74. The average molecular weight is 190 g/mol. The lowest BCUT2D eigenvalue weighted by Crippen LogP contribution is -2.43. The Balaban J connectivity index is 2.40. The molecule has 1 aromatic rings. The van der Waals surface area contributed by atoms with E-state index in [0.717, 1.165) is 5.56 Å². The molecule has 1 amide bonds. The molecule has 1 atom stereocenters. The number of aryl methyl sites for hydroxylation is 1. The molecule has 14 heavy (non-hydrogen) atoms. The van der Waals surface area contributed by atoms with Crippen molar-refractivity contribution in [2.24, 2.45) is 0 Å². The van der Waals surface area contributed by atoms with Gasteiger partial charge in [-0.2, -0.15) is 0 Å². The van der Waals surface area contributed by atoms with Crippen LogP contribution in [0.4, 0.5) is 0 Å². The van der Waals surface area contributed by atoms with Crippen LogP contribution in [0.5, 0.6) is 0 Å². The number of benzene rings is 1.